The van der Waals surface area contributed by atoms with Gasteiger partial charge in [0.25, 0.3) is 5.91 Å². The maximum atomic E-state index is 13.0. The van der Waals surface area contributed by atoms with Gasteiger partial charge in [-0.05, 0) is 41.5 Å². The Kier molecular flexibility index (Phi) is 4.96. The second-order valence-corrected chi connectivity index (χ2v) is 7.12. The Morgan fingerprint density at radius 2 is 1.55 bits per heavy atom. The fraction of sp³-hybridized carbons (Fsp3) is 0.125. The zero-order valence-corrected chi connectivity index (χ0v) is 16.3. The lowest BCUT2D eigenvalue weighted by Gasteiger charge is -2.15. The Labute approximate surface area is 169 Å². The molecule has 0 aromatic heterocycles. The molecule has 3 aromatic rings. The summed E-state index contributed by atoms with van der Waals surface area (Å²) < 4.78 is 0. The molecule has 1 N–H and O–H groups in total. The highest BCUT2D eigenvalue weighted by molar-refractivity contribution is 6.24. The average Bonchev–Trinajstić information content (AvgIpc) is 3.07. The largest absolute Gasteiger partial charge is 0.345 e. The molecule has 2 amide bonds. The molecule has 0 aliphatic carbocycles. The van der Waals surface area contributed by atoms with Crippen molar-refractivity contribution in [2.45, 2.75) is 5.92 Å². The molecule has 1 unspecified atom stereocenters. The number of nitrogens with one attached hydrogen (secondary N) is 1. The maximum Gasteiger partial charge on any atom is 0.253 e. The van der Waals surface area contributed by atoms with Gasteiger partial charge in [-0.2, -0.15) is 0 Å². The molecule has 1 aliphatic heterocycles. The summed E-state index contributed by atoms with van der Waals surface area (Å²) in [7, 11) is 3.42. The molecule has 144 valence electrons. The first-order valence-corrected chi connectivity index (χ1v) is 9.40. The number of carbonyl (C=O) groups excluding carboxylic acids is 2. The highest BCUT2D eigenvalue weighted by Crippen LogP contribution is 2.37. The molecular formula is C24H21N3O2. The van der Waals surface area contributed by atoms with Gasteiger partial charge in [-0.25, -0.2) is 0 Å². The van der Waals surface area contributed by atoms with Crippen molar-refractivity contribution in [3.8, 4) is 0 Å². The lowest BCUT2D eigenvalue weighted by atomic mass is 9.89. The van der Waals surface area contributed by atoms with Crippen molar-refractivity contribution >= 4 is 28.9 Å². The van der Waals surface area contributed by atoms with Crippen molar-refractivity contribution in [3.63, 3.8) is 0 Å². The first-order valence-electron chi connectivity index (χ1n) is 9.40. The maximum absolute atomic E-state index is 13.0. The fourth-order valence-corrected chi connectivity index (χ4v) is 3.47. The van der Waals surface area contributed by atoms with E-state index in [4.69, 9.17) is 4.99 Å². The topological polar surface area (TPSA) is 61.8 Å². The summed E-state index contributed by atoms with van der Waals surface area (Å²) in [5.74, 6) is -0.845. The summed E-state index contributed by atoms with van der Waals surface area (Å²) in [6, 6.07) is 24.6. The molecule has 0 saturated carbocycles. The number of nitrogens with zero attached hydrogens (tertiary/aromatic N) is 2. The summed E-state index contributed by atoms with van der Waals surface area (Å²) in [6.45, 7) is 0. The molecule has 1 atom stereocenters. The molecule has 0 fully saturated rings. The van der Waals surface area contributed by atoms with Crippen molar-refractivity contribution in [2.24, 2.45) is 4.99 Å². The van der Waals surface area contributed by atoms with Crippen molar-refractivity contribution in [1.82, 2.24) is 4.90 Å². The zero-order valence-electron chi connectivity index (χ0n) is 16.3. The average molecular weight is 383 g/mol. The number of fused-ring (bicyclic) bond motifs is 1. The number of para-hydroxylation sites is 1. The minimum Gasteiger partial charge on any atom is -0.345 e. The molecule has 29 heavy (non-hydrogen) atoms. The summed E-state index contributed by atoms with van der Waals surface area (Å²) in [5, 5.41) is 2.93. The van der Waals surface area contributed by atoms with E-state index in [1.807, 2.05) is 60.7 Å². The van der Waals surface area contributed by atoms with Crippen molar-refractivity contribution in [3.05, 3.63) is 95.6 Å². The molecule has 1 heterocycles. The van der Waals surface area contributed by atoms with Crippen LogP contribution < -0.4 is 5.32 Å². The molecule has 4 rings (SSSR count). The molecule has 5 heteroatoms. The number of benzene rings is 3. The monoisotopic (exact) mass is 383 g/mol. The fourth-order valence-electron chi connectivity index (χ4n) is 3.47. The van der Waals surface area contributed by atoms with Gasteiger partial charge >= 0.3 is 0 Å². The van der Waals surface area contributed by atoms with E-state index in [1.165, 1.54) is 4.90 Å². The molecular weight excluding hydrogens is 362 g/mol. The van der Waals surface area contributed by atoms with Crippen LogP contribution in [0.5, 0.6) is 0 Å². The van der Waals surface area contributed by atoms with Gasteiger partial charge in [-0.1, -0.05) is 48.5 Å². The van der Waals surface area contributed by atoms with Gasteiger partial charge < -0.3 is 10.2 Å². The van der Waals surface area contributed by atoms with Crippen LogP contribution in [0.15, 0.2) is 83.9 Å². The van der Waals surface area contributed by atoms with Crippen molar-refractivity contribution in [2.75, 3.05) is 19.4 Å². The van der Waals surface area contributed by atoms with Gasteiger partial charge in [-0.3, -0.25) is 14.6 Å². The SMILES string of the molecule is CN(C)C(=O)c1ccc2c(c1)C(C(=Nc1ccccc1)c1ccccc1)C(=O)N2. The number of anilines is 1. The Morgan fingerprint density at radius 1 is 0.897 bits per heavy atom. The van der Waals surface area contributed by atoms with Crippen LogP contribution in [0.3, 0.4) is 0 Å². The van der Waals surface area contributed by atoms with E-state index in [0.29, 0.717) is 17.0 Å². The van der Waals surface area contributed by atoms with E-state index < -0.39 is 5.92 Å². The third-order valence-electron chi connectivity index (χ3n) is 4.88. The van der Waals surface area contributed by atoms with Crippen LogP contribution in [-0.2, 0) is 4.79 Å². The number of hydrogen-bond acceptors (Lipinski definition) is 3. The second kappa shape index (κ2) is 7.72. The van der Waals surface area contributed by atoms with Gasteiger partial charge in [-0.15, -0.1) is 0 Å². The molecule has 1 aliphatic rings. The molecule has 0 spiro atoms. The minimum absolute atomic E-state index is 0.104. The highest BCUT2D eigenvalue weighted by Gasteiger charge is 2.36. The second-order valence-electron chi connectivity index (χ2n) is 7.12. The van der Waals surface area contributed by atoms with Crippen molar-refractivity contribution in [1.29, 1.82) is 0 Å². The van der Waals surface area contributed by atoms with Crippen LogP contribution in [-0.4, -0.2) is 36.5 Å². The number of amides is 2. The molecule has 0 bridgehead atoms. The van der Waals surface area contributed by atoms with Crippen LogP contribution in [0.1, 0.15) is 27.4 Å². The quantitative estimate of drug-likeness (QED) is 0.685. The lowest BCUT2D eigenvalue weighted by Crippen LogP contribution is -2.23. The normalized spacial score (nSPS) is 15.6. The van der Waals surface area contributed by atoms with E-state index in [2.05, 4.69) is 5.32 Å². The van der Waals surface area contributed by atoms with Gasteiger partial charge in [0.15, 0.2) is 0 Å². The third kappa shape index (κ3) is 3.67. The standard InChI is InChI=1S/C24H21N3O2/c1-27(2)24(29)17-13-14-20-19(15-17)21(23(28)26-20)22(16-9-5-3-6-10-16)25-18-11-7-4-8-12-18/h3-15,21H,1-2H3,(H,26,28). The summed E-state index contributed by atoms with van der Waals surface area (Å²) in [4.78, 5) is 31.8. The molecule has 0 saturated heterocycles. The predicted octanol–water partition coefficient (Wildman–Crippen LogP) is 4.25. The smallest absolute Gasteiger partial charge is 0.253 e. The van der Waals surface area contributed by atoms with E-state index in [0.717, 1.165) is 16.8 Å². The number of hydrogen-bond donors (Lipinski definition) is 1. The molecule has 0 radical (unpaired) electrons. The Balaban J connectivity index is 1.86. The van der Waals surface area contributed by atoms with E-state index in [9.17, 15) is 9.59 Å². The minimum atomic E-state index is -0.595. The summed E-state index contributed by atoms with van der Waals surface area (Å²) in [5.41, 5.74) is 4.32. The highest BCUT2D eigenvalue weighted by atomic mass is 16.2. The lowest BCUT2D eigenvalue weighted by molar-refractivity contribution is -0.115. The van der Waals surface area contributed by atoms with E-state index in [1.54, 1.807) is 32.3 Å². The van der Waals surface area contributed by atoms with Gasteiger partial charge in [0.2, 0.25) is 5.91 Å². The Bertz CT molecular complexity index is 1090. The molecule has 5 nitrogen and oxygen atoms in total. The summed E-state index contributed by atoms with van der Waals surface area (Å²) in [6.07, 6.45) is 0. The number of rotatable bonds is 4. The van der Waals surface area contributed by atoms with E-state index >= 15 is 0 Å². The first kappa shape index (κ1) is 18.6. The summed E-state index contributed by atoms with van der Waals surface area (Å²) >= 11 is 0. The zero-order chi connectivity index (χ0) is 20.4. The van der Waals surface area contributed by atoms with Crippen LogP contribution in [0.2, 0.25) is 0 Å². The Hall–Kier alpha value is -3.73. The van der Waals surface area contributed by atoms with Crippen LogP contribution in [0.25, 0.3) is 0 Å². The predicted molar refractivity (Wildman–Crippen MR) is 115 cm³/mol. The first-order chi connectivity index (χ1) is 14.0. The van der Waals surface area contributed by atoms with Gasteiger partial charge in [0.1, 0.15) is 5.92 Å². The van der Waals surface area contributed by atoms with Crippen LogP contribution in [0.4, 0.5) is 11.4 Å². The third-order valence-corrected chi connectivity index (χ3v) is 4.88. The number of carbonyl (C=O) groups is 2. The number of aliphatic imine (C=N–C) groups is 1. The van der Waals surface area contributed by atoms with E-state index in [-0.39, 0.29) is 11.8 Å². The molecule has 3 aromatic carbocycles. The van der Waals surface area contributed by atoms with Crippen LogP contribution >= 0.6 is 0 Å². The van der Waals surface area contributed by atoms with Gasteiger partial charge in [0, 0.05) is 25.3 Å². The van der Waals surface area contributed by atoms with Crippen molar-refractivity contribution < 1.29 is 9.59 Å². The Morgan fingerprint density at radius 3 is 2.21 bits per heavy atom. The van der Waals surface area contributed by atoms with Gasteiger partial charge in [0.05, 0.1) is 11.4 Å². The van der Waals surface area contributed by atoms with Crippen LogP contribution in [0, 0.1) is 0 Å².